The van der Waals surface area contributed by atoms with Gasteiger partial charge in [-0.25, -0.2) is 9.37 Å². The van der Waals surface area contributed by atoms with E-state index < -0.39 is 0 Å². The summed E-state index contributed by atoms with van der Waals surface area (Å²) >= 11 is 6.04. The van der Waals surface area contributed by atoms with E-state index in [1.165, 1.54) is 24.3 Å². The number of carbonyl (C=O) groups is 1. The molecule has 7 heteroatoms. The monoisotopic (exact) mass is 428 g/mol. The summed E-state index contributed by atoms with van der Waals surface area (Å²) in [6, 6.07) is 13.3. The zero-order chi connectivity index (χ0) is 20.9. The minimum Gasteiger partial charge on any atom is -0.484 e. The molecule has 4 rings (SSSR count). The number of likely N-dealkylation sites (tertiary alicyclic amines) is 1. The van der Waals surface area contributed by atoms with Gasteiger partial charge in [0, 0.05) is 24.5 Å². The molecule has 0 spiro atoms. The lowest BCUT2D eigenvalue weighted by Crippen LogP contribution is -2.41. The molecule has 30 heavy (non-hydrogen) atoms. The predicted molar refractivity (Wildman–Crippen MR) is 111 cm³/mol. The molecule has 1 fully saturated rings. The van der Waals surface area contributed by atoms with E-state index >= 15 is 0 Å². The molecule has 3 aromatic rings. The standard InChI is InChI=1S/C23H22ClFN2O3/c24-18-5-1-3-16(11-18)12-21-13-26-23(30-21)17-4-2-10-27(14-17)22(28)15-29-20-8-6-19(25)7-9-20/h1,3,5-9,11,13,17H,2,4,10,12,14-15H2/t17-/m0/s1. The Morgan fingerprint density at radius 2 is 2.10 bits per heavy atom. The summed E-state index contributed by atoms with van der Waals surface area (Å²) in [4.78, 5) is 18.8. The molecule has 0 N–H and O–H groups in total. The second kappa shape index (κ2) is 9.30. The van der Waals surface area contributed by atoms with Crippen molar-refractivity contribution in [1.82, 2.24) is 9.88 Å². The van der Waals surface area contributed by atoms with Crippen molar-refractivity contribution in [2.24, 2.45) is 0 Å². The Bertz CT molecular complexity index is 1010. The van der Waals surface area contributed by atoms with E-state index in [9.17, 15) is 9.18 Å². The fraction of sp³-hybridized carbons (Fsp3) is 0.304. The van der Waals surface area contributed by atoms with Crippen molar-refractivity contribution in [1.29, 1.82) is 0 Å². The van der Waals surface area contributed by atoms with Crippen LogP contribution in [0.5, 0.6) is 5.75 Å². The van der Waals surface area contributed by atoms with Crippen LogP contribution >= 0.6 is 11.6 Å². The number of carbonyl (C=O) groups excluding carboxylic acids is 1. The van der Waals surface area contributed by atoms with E-state index in [0.29, 0.717) is 36.2 Å². The number of piperidine rings is 1. The van der Waals surface area contributed by atoms with Gasteiger partial charge in [0.05, 0.1) is 12.1 Å². The van der Waals surface area contributed by atoms with Crippen molar-refractivity contribution >= 4 is 17.5 Å². The van der Waals surface area contributed by atoms with E-state index in [4.69, 9.17) is 20.8 Å². The van der Waals surface area contributed by atoms with Crippen molar-refractivity contribution in [3.63, 3.8) is 0 Å². The van der Waals surface area contributed by atoms with Gasteiger partial charge in [0.25, 0.3) is 5.91 Å². The smallest absolute Gasteiger partial charge is 0.260 e. The molecular weight excluding hydrogens is 407 g/mol. The number of nitrogens with zero attached hydrogens (tertiary/aromatic N) is 2. The number of oxazole rings is 1. The van der Waals surface area contributed by atoms with Crippen LogP contribution in [0, 0.1) is 5.82 Å². The molecule has 156 valence electrons. The zero-order valence-corrected chi connectivity index (χ0v) is 17.1. The summed E-state index contributed by atoms with van der Waals surface area (Å²) in [6.45, 7) is 1.14. The molecule has 5 nitrogen and oxygen atoms in total. The van der Waals surface area contributed by atoms with Crippen molar-refractivity contribution in [2.75, 3.05) is 19.7 Å². The molecule has 0 aliphatic carbocycles. The first-order valence-electron chi connectivity index (χ1n) is 9.92. The van der Waals surface area contributed by atoms with Gasteiger partial charge in [-0.15, -0.1) is 0 Å². The fourth-order valence-corrected chi connectivity index (χ4v) is 3.83. The quantitative estimate of drug-likeness (QED) is 0.563. The van der Waals surface area contributed by atoms with Gasteiger partial charge in [-0.1, -0.05) is 23.7 Å². The van der Waals surface area contributed by atoms with Crippen LogP contribution in [0.25, 0.3) is 0 Å². The first-order valence-corrected chi connectivity index (χ1v) is 10.3. The van der Waals surface area contributed by atoms with Crippen molar-refractivity contribution < 1.29 is 18.3 Å². The third kappa shape index (κ3) is 5.19. The minimum absolute atomic E-state index is 0.0571. The van der Waals surface area contributed by atoms with Gasteiger partial charge < -0.3 is 14.1 Å². The third-order valence-electron chi connectivity index (χ3n) is 5.14. The average Bonchev–Trinajstić information content (AvgIpc) is 3.22. The van der Waals surface area contributed by atoms with Crippen LogP contribution in [0.1, 0.15) is 36.0 Å². The number of rotatable bonds is 6. The summed E-state index contributed by atoms with van der Waals surface area (Å²) in [5.41, 5.74) is 1.06. The Morgan fingerprint density at radius 3 is 2.90 bits per heavy atom. The normalized spacial score (nSPS) is 16.5. The largest absolute Gasteiger partial charge is 0.484 e. The molecule has 1 aromatic heterocycles. The number of hydrogen-bond acceptors (Lipinski definition) is 4. The highest BCUT2D eigenvalue weighted by Gasteiger charge is 2.28. The van der Waals surface area contributed by atoms with Gasteiger partial charge in [0.1, 0.15) is 17.3 Å². The van der Waals surface area contributed by atoms with Crippen LogP contribution in [0.15, 0.2) is 59.1 Å². The summed E-state index contributed by atoms with van der Waals surface area (Å²) in [5.74, 6) is 1.51. The van der Waals surface area contributed by atoms with E-state index in [1.54, 1.807) is 11.1 Å². The number of halogens is 2. The van der Waals surface area contributed by atoms with Gasteiger partial charge in [0.15, 0.2) is 12.5 Å². The van der Waals surface area contributed by atoms with Crippen LogP contribution in [-0.4, -0.2) is 35.5 Å². The van der Waals surface area contributed by atoms with Crippen LogP contribution in [0.3, 0.4) is 0 Å². The fourth-order valence-electron chi connectivity index (χ4n) is 3.61. The lowest BCUT2D eigenvalue weighted by molar-refractivity contribution is -0.134. The van der Waals surface area contributed by atoms with Crippen LogP contribution in [0.2, 0.25) is 5.02 Å². The average molecular weight is 429 g/mol. The van der Waals surface area contributed by atoms with Crippen LogP contribution in [-0.2, 0) is 11.2 Å². The molecule has 0 bridgehead atoms. The van der Waals surface area contributed by atoms with Crippen molar-refractivity contribution in [2.45, 2.75) is 25.2 Å². The number of hydrogen-bond donors (Lipinski definition) is 0. The first-order chi connectivity index (χ1) is 14.6. The Labute approximate surface area is 179 Å². The van der Waals surface area contributed by atoms with Gasteiger partial charge >= 0.3 is 0 Å². The van der Waals surface area contributed by atoms with Gasteiger partial charge in [0.2, 0.25) is 0 Å². The SMILES string of the molecule is O=C(COc1ccc(F)cc1)N1CCC[C@H](c2ncc(Cc3cccc(Cl)c3)o2)C1. The molecule has 1 aliphatic heterocycles. The second-order valence-corrected chi connectivity index (χ2v) is 7.83. The van der Waals surface area contributed by atoms with Crippen molar-refractivity contribution in [3.05, 3.63) is 82.8 Å². The van der Waals surface area contributed by atoms with Crippen LogP contribution in [0.4, 0.5) is 4.39 Å². The van der Waals surface area contributed by atoms with Crippen molar-refractivity contribution in [3.8, 4) is 5.75 Å². The molecule has 2 heterocycles. The molecule has 0 unspecified atom stereocenters. The highest BCUT2D eigenvalue weighted by atomic mass is 35.5. The number of benzene rings is 2. The van der Waals surface area contributed by atoms with E-state index in [2.05, 4.69) is 4.98 Å². The maximum absolute atomic E-state index is 13.0. The van der Waals surface area contributed by atoms with Gasteiger partial charge in [-0.3, -0.25) is 4.79 Å². The number of aromatic nitrogens is 1. The van der Waals surface area contributed by atoms with Gasteiger partial charge in [-0.05, 0) is 54.8 Å². The number of amides is 1. The molecule has 1 atom stereocenters. The summed E-state index contributed by atoms with van der Waals surface area (Å²) < 4.78 is 24.4. The molecule has 0 saturated carbocycles. The molecule has 1 aliphatic rings. The Morgan fingerprint density at radius 1 is 1.27 bits per heavy atom. The summed E-state index contributed by atoms with van der Waals surface area (Å²) in [6.07, 6.45) is 4.15. The molecule has 1 saturated heterocycles. The topological polar surface area (TPSA) is 55.6 Å². The summed E-state index contributed by atoms with van der Waals surface area (Å²) in [5, 5.41) is 0.691. The first kappa shape index (κ1) is 20.4. The highest BCUT2D eigenvalue weighted by molar-refractivity contribution is 6.30. The van der Waals surface area contributed by atoms with E-state index in [1.807, 2.05) is 24.3 Å². The predicted octanol–water partition coefficient (Wildman–Crippen LogP) is 4.84. The maximum atomic E-state index is 13.0. The van der Waals surface area contributed by atoms with Crippen LogP contribution < -0.4 is 4.74 Å². The Hall–Kier alpha value is -2.86. The lowest BCUT2D eigenvalue weighted by Gasteiger charge is -2.31. The van der Waals surface area contributed by atoms with E-state index in [-0.39, 0.29) is 24.2 Å². The highest BCUT2D eigenvalue weighted by Crippen LogP contribution is 2.27. The lowest BCUT2D eigenvalue weighted by atomic mass is 9.98. The Balaban J connectivity index is 1.33. The zero-order valence-electron chi connectivity index (χ0n) is 16.4. The van der Waals surface area contributed by atoms with E-state index in [0.717, 1.165) is 24.2 Å². The number of ether oxygens (including phenoxy) is 1. The Kier molecular flexibility index (Phi) is 6.33. The molecule has 0 radical (unpaired) electrons. The molecule has 1 amide bonds. The second-order valence-electron chi connectivity index (χ2n) is 7.39. The molecule has 2 aromatic carbocycles. The third-order valence-corrected chi connectivity index (χ3v) is 5.37. The maximum Gasteiger partial charge on any atom is 0.260 e. The molecular formula is C23H22ClFN2O3. The van der Waals surface area contributed by atoms with Gasteiger partial charge in [-0.2, -0.15) is 0 Å². The summed E-state index contributed by atoms with van der Waals surface area (Å²) in [7, 11) is 0. The minimum atomic E-state index is -0.340.